The van der Waals surface area contributed by atoms with Crippen molar-refractivity contribution in [2.75, 3.05) is 13.6 Å². The first kappa shape index (κ1) is 17.0. The third-order valence-electron chi connectivity index (χ3n) is 3.23. The van der Waals surface area contributed by atoms with E-state index in [1.165, 1.54) is 0 Å². The third-order valence-corrected chi connectivity index (χ3v) is 5.10. The zero-order chi connectivity index (χ0) is 15.9. The Bertz CT molecular complexity index is 610. The number of carbonyl (C=O) groups is 1. The standard InChI is InChI=1S/C16H21N3OS2/c1-11(17-3)8-18-16(20)13-4-6-15(7-5-13)22-10-14-9-21-12(2)19-14/h4-7,9,11,17H,8,10H2,1-3H3,(H,18,20). The average Bonchev–Trinajstić information content (AvgIpc) is 2.96. The number of aryl methyl sites for hydroxylation is 1. The van der Waals surface area contributed by atoms with Gasteiger partial charge in [-0.1, -0.05) is 0 Å². The van der Waals surface area contributed by atoms with E-state index in [0.29, 0.717) is 12.1 Å². The number of nitrogens with zero attached hydrogens (tertiary/aromatic N) is 1. The molecule has 1 aromatic carbocycles. The van der Waals surface area contributed by atoms with Crippen molar-refractivity contribution in [3.63, 3.8) is 0 Å². The van der Waals surface area contributed by atoms with Crippen molar-refractivity contribution in [3.05, 3.63) is 45.9 Å². The summed E-state index contributed by atoms with van der Waals surface area (Å²) in [5.74, 6) is 0.823. The quantitative estimate of drug-likeness (QED) is 0.764. The maximum Gasteiger partial charge on any atom is 0.251 e. The maximum atomic E-state index is 12.0. The second-order valence-corrected chi connectivity index (χ2v) is 7.18. The molecule has 1 heterocycles. The molecule has 2 aromatic rings. The Balaban J connectivity index is 1.85. The Hall–Kier alpha value is -1.37. The van der Waals surface area contributed by atoms with Crippen LogP contribution in [0.4, 0.5) is 0 Å². The van der Waals surface area contributed by atoms with Crippen LogP contribution in [0, 0.1) is 6.92 Å². The lowest BCUT2D eigenvalue weighted by atomic mass is 10.2. The smallest absolute Gasteiger partial charge is 0.251 e. The fourth-order valence-electron chi connectivity index (χ4n) is 1.78. The van der Waals surface area contributed by atoms with Crippen LogP contribution in [0.15, 0.2) is 34.5 Å². The number of hydrogen-bond donors (Lipinski definition) is 2. The molecule has 1 aromatic heterocycles. The van der Waals surface area contributed by atoms with Crippen molar-refractivity contribution < 1.29 is 4.79 Å². The molecule has 118 valence electrons. The van der Waals surface area contributed by atoms with Crippen molar-refractivity contribution >= 4 is 29.0 Å². The van der Waals surface area contributed by atoms with Crippen LogP contribution < -0.4 is 10.6 Å². The number of thioether (sulfide) groups is 1. The highest BCUT2D eigenvalue weighted by Crippen LogP contribution is 2.23. The first-order valence-electron chi connectivity index (χ1n) is 7.18. The van der Waals surface area contributed by atoms with Gasteiger partial charge in [0.15, 0.2) is 0 Å². The molecule has 22 heavy (non-hydrogen) atoms. The first-order valence-corrected chi connectivity index (χ1v) is 9.04. The summed E-state index contributed by atoms with van der Waals surface area (Å²) >= 11 is 3.40. The molecule has 1 atom stereocenters. The number of benzene rings is 1. The summed E-state index contributed by atoms with van der Waals surface area (Å²) in [5, 5.41) is 9.19. The Labute approximate surface area is 139 Å². The second-order valence-electron chi connectivity index (χ2n) is 5.07. The zero-order valence-corrected chi connectivity index (χ0v) is 14.7. The molecule has 0 aliphatic rings. The van der Waals surface area contributed by atoms with Crippen LogP contribution in [0.25, 0.3) is 0 Å². The molecule has 0 aliphatic heterocycles. The minimum absolute atomic E-state index is 0.0335. The van der Waals surface area contributed by atoms with E-state index in [2.05, 4.69) is 21.0 Å². The summed E-state index contributed by atoms with van der Waals surface area (Å²) < 4.78 is 0. The first-order chi connectivity index (χ1) is 10.6. The highest BCUT2D eigenvalue weighted by Gasteiger charge is 2.07. The van der Waals surface area contributed by atoms with Gasteiger partial charge in [-0.15, -0.1) is 23.1 Å². The van der Waals surface area contributed by atoms with Crippen LogP contribution in [0.1, 0.15) is 28.0 Å². The Morgan fingerprint density at radius 3 is 2.68 bits per heavy atom. The van der Waals surface area contributed by atoms with Crippen LogP contribution in [0.5, 0.6) is 0 Å². The largest absolute Gasteiger partial charge is 0.350 e. The highest BCUT2D eigenvalue weighted by atomic mass is 32.2. The van der Waals surface area contributed by atoms with Gasteiger partial charge in [0, 0.05) is 34.2 Å². The molecule has 0 saturated carbocycles. The van der Waals surface area contributed by atoms with Gasteiger partial charge in [-0.25, -0.2) is 4.98 Å². The Morgan fingerprint density at radius 1 is 1.36 bits per heavy atom. The molecule has 2 rings (SSSR count). The molecule has 6 heteroatoms. The molecular formula is C16H21N3OS2. The summed E-state index contributed by atoms with van der Waals surface area (Å²) in [7, 11) is 1.88. The van der Waals surface area contributed by atoms with Crippen molar-refractivity contribution in [1.29, 1.82) is 0 Å². The second kappa shape index (κ2) is 8.31. The minimum Gasteiger partial charge on any atom is -0.350 e. The van der Waals surface area contributed by atoms with E-state index in [1.807, 2.05) is 45.2 Å². The molecule has 0 spiro atoms. The number of amides is 1. The van der Waals surface area contributed by atoms with E-state index >= 15 is 0 Å². The predicted octanol–water partition coefficient (Wildman–Crippen LogP) is 3.08. The summed E-state index contributed by atoms with van der Waals surface area (Å²) in [6.07, 6.45) is 0. The summed E-state index contributed by atoms with van der Waals surface area (Å²) in [6, 6.07) is 7.98. The van der Waals surface area contributed by atoms with Crippen molar-refractivity contribution in [2.45, 2.75) is 30.5 Å². The lowest BCUT2D eigenvalue weighted by Crippen LogP contribution is -2.37. The lowest BCUT2D eigenvalue weighted by Gasteiger charge is -2.11. The van der Waals surface area contributed by atoms with Gasteiger partial charge in [-0.05, 0) is 45.2 Å². The molecule has 0 radical (unpaired) electrons. The molecule has 4 nitrogen and oxygen atoms in total. The highest BCUT2D eigenvalue weighted by molar-refractivity contribution is 7.98. The maximum absolute atomic E-state index is 12.0. The number of carbonyl (C=O) groups excluding carboxylic acids is 1. The molecule has 0 fully saturated rings. The van der Waals surface area contributed by atoms with Gasteiger partial charge in [0.05, 0.1) is 10.7 Å². The predicted molar refractivity (Wildman–Crippen MR) is 93.7 cm³/mol. The average molecular weight is 335 g/mol. The molecule has 0 aliphatic carbocycles. The molecule has 0 bridgehead atoms. The van der Waals surface area contributed by atoms with Crippen LogP contribution in [-0.2, 0) is 5.75 Å². The number of aromatic nitrogens is 1. The molecule has 1 unspecified atom stereocenters. The minimum atomic E-state index is -0.0335. The van der Waals surface area contributed by atoms with Gasteiger partial charge in [-0.2, -0.15) is 0 Å². The van der Waals surface area contributed by atoms with E-state index in [1.54, 1.807) is 23.1 Å². The van der Waals surface area contributed by atoms with Crippen LogP contribution >= 0.6 is 23.1 Å². The molecule has 0 saturated heterocycles. The lowest BCUT2D eigenvalue weighted by molar-refractivity contribution is 0.0950. The molecule has 2 N–H and O–H groups in total. The van der Waals surface area contributed by atoms with E-state index in [4.69, 9.17) is 0 Å². The van der Waals surface area contributed by atoms with Gasteiger partial charge in [0.1, 0.15) is 0 Å². The molecule has 1 amide bonds. The van der Waals surface area contributed by atoms with Crippen LogP contribution in [0.2, 0.25) is 0 Å². The topological polar surface area (TPSA) is 54.0 Å². The third kappa shape index (κ3) is 5.12. The van der Waals surface area contributed by atoms with E-state index in [9.17, 15) is 4.79 Å². The van der Waals surface area contributed by atoms with Gasteiger partial charge in [0.25, 0.3) is 5.91 Å². The van der Waals surface area contributed by atoms with Crippen molar-refractivity contribution in [1.82, 2.24) is 15.6 Å². The van der Waals surface area contributed by atoms with E-state index in [0.717, 1.165) is 21.3 Å². The van der Waals surface area contributed by atoms with Gasteiger partial charge < -0.3 is 10.6 Å². The summed E-state index contributed by atoms with van der Waals surface area (Å²) in [5.41, 5.74) is 1.80. The summed E-state index contributed by atoms with van der Waals surface area (Å²) in [4.78, 5) is 17.6. The fourth-order valence-corrected chi connectivity index (χ4v) is 3.29. The van der Waals surface area contributed by atoms with Crippen molar-refractivity contribution in [2.24, 2.45) is 0 Å². The van der Waals surface area contributed by atoms with Gasteiger partial charge in [-0.3, -0.25) is 4.79 Å². The number of nitrogens with one attached hydrogen (secondary N) is 2. The van der Waals surface area contributed by atoms with E-state index in [-0.39, 0.29) is 11.9 Å². The van der Waals surface area contributed by atoms with Gasteiger partial charge in [0.2, 0.25) is 0 Å². The van der Waals surface area contributed by atoms with Gasteiger partial charge >= 0.3 is 0 Å². The Kier molecular flexibility index (Phi) is 6.42. The SMILES string of the molecule is CNC(C)CNC(=O)c1ccc(SCc2csc(C)n2)cc1. The fraction of sp³-hybridized carbons (Fsp3) is 0.375. The summed E-state index contributed by atoms with van der Waals surface area (Å²) in [6.45, 7) is 4.66. The Morgan fingerprint density at radius 2 is 2.09 bits per heavy atom. The number of hydrogen-bond acceptors (Lipinski definition) is 5. The monoisotopic (exact) mass is 335 g/mol. The van der Waals surface area contributed by atoms with Crippen molar-refractivity contribution in [3.8, 4) is 0 Å². The number of thiazole rings is 1. The van der Waals surface area contributed by atoms with Crippen LogP contribution in [0.3, 0.4) is 0 Å². The number of likely N-dealkylation sites (N-methyl/N-ethyl adjacent to an activating group) is 1. The zero-order valence-electron chi connectivity index (χ0n) is 13.1. The molecular weight excluding hydrogens is 314 g/mol. The van der Waals surface area contributed by atoms with Crippen LogP contribution in [-0.4, -0.2) is 30.5 Å². The number of rotatable bonds is 7. The normalized spacial score (nSPS) is 12.1. The van der Waals surface area contributed by atoms with E-state index < -0.39 is 0 Å².